The Balaban J connectivity index is 2.58. The number of rotatable bonds is 8. The Labute approximate surface area is 117 Å². The molecule has 0 saturated heterocycles. The van der Waals surface area contributed by atoms with E-state index in [2.05, 4.69) is 24.8 Å². The minimum Gasteiger partial charge on any atom is -0.303 e. The van der Waals surface area contributed by atoms with Crippen molar-refractivity contribution in [2.24, 2.45) is 0 Å². The molecule has 0 aliphatic rings. The van der Waals surface area contributed by atoms with Gasteiger partial charge in [-0.15, -0.1) is 0 Å². The van der Waals surface area contributed by atoms with Crippen LogP contribution in [-0.4, -0.2) is 30.3 Å². The van der Waals surface area contributed by atoms with Crippen LogP contribution in [0, 0.1) is 13.8 Å². The van der Waals surface area contributed by atoms with E-state index in [-0.39, 0.29) is 5.78 Å². The lowest BCUT2D eigenvalue weighted by Gasteiger charge is -2.20. The first kappa shape index (κ1) is 15.9. The Bertz CT molecular complexity index is 385. The summed E-state index contributed by atoms with van der Waals surface area (Å²) in [5.74, 6) is 0.268. The van der Waals surface area contributed by atoms with Gasteiger partial charge in [0.05, 0.1) is 0 Å². The fourth-order valence-electron chi connectivity index (χ4n) is 2.51. The second-order valence-electron chi connectivity index (χ2n) is 5.39. The third-order valence-corrected chi connectivity index (χ3v) is 3.28. The van der Waals surface area contributed by atoms with E-state index in [0.29, 0.717) is 6.42 Å². The third kappa shape index (κ3) is 5.56. The van der Waals surface area contributed by atoms with E-state index in [1.165, 1.54) is 11.1 Å². The van der Waals surface area contributed by atoms with Crippen LogP contribution in [0.4, 0.5) is 0 Å². The molecule has 0 unspecified atom stereocenters. The molecule has 0 fully saturated rings. The number of hydrogen-bond acceptors (Lipinski definition) is 2. The first-order valence-electron chi connectivity index (χ1n) is 7.40. The van der Waals surface area contributed by atoms with Crippen molar-refractivity contribution in [1.29, 1.82) is 0 Å². The minimum atomic E-state index is 0.268. The van der Waals surface area contributed by atoms with Crippen molar-refractivity contribution in [3.05, 3.63) is 34.9 Å². The zero-order valence-corrected chi connectivity index (χ0v) is 12.8. The number of ketones is 1. The highest BCUT2D eigenvalue weighted by atomic mass is 16.1. The summed E-state index contributed by atoms with van der Waals surface area (Å²) in [7, 11) is 0. The van der Waals surface area contributed by atoms with Crippen LogP contribution in [0.3, 0.4) is 0 Å². The predicted molar refractivity (Wildman–Crippen MR) is 81.9 cm³/mol. The van der Waals surface area contributed by atoms with Gasteiger partial charge in [-0.25, -0.2) is 0 Å². The lowest BCUT2D eigenvalue weighted by molar-refractivity contribution is 0.0963. The number of carbonyl (C=O) groups is 1. The summed E-state index contributed by atoms with van der Waals surface area (Å²) in [6, 6.07) is 6.11. The van der Waals surface area contributed by atoms with Crippen molar-refractivity contribution < 1.29 is 4.79 Å². The number of benzene rings is 1. The van der Waals surface area contributed by atoms with Crippen LogP contribution in [0.5, 0.6) is 0 Å². The number of hydrogen-bond donors (Lipinski definition) is 0. The van der Waals surface area contributed by atoms with Crippen LogP contribution in [0.15, 0.2) is 18.2 Å². The van der Waals surface area contributed by atoms with E-state index in [9.17, 15) is 4.79 Å². The van der Waals surface area contributed by atoms with E-state index >= 15 is 0 Å². The zero-order valence-electron chi connectivity index (χ0n) is 12.8. The first-order valence-corrected chi connectivity index (χ1v) is 7.40. The molecule has 0 bridgehead atoms. The standard InChI is InChI=1S/C17H27NO/c1-5-8-18(9-6-2)10-7-17(19)16-12-14(3)11-15(4)13-16/h11-13H,5-10H2,1-4H3. The molecule has 1 aromatic carbocycles. The molecule has 0 N–H and O–H groups in total. The Morgan fingerprint density at radius 3 is 1.95 bits per heavy atom. The van der Waals surface area contributed by atoms with Crippen molar-refractivity contribution in [3.63, 3.8) is 0 Å². The molecule has 1 aromatic rings. The predicted octanol–water partition coefficient (Wildman–Crippen LogP) is 4.00. The van der Waals surface area contributed by atoms with Gasteiger partial charge in [0, 0.05) is 18.5 Å². The van der Waals surface area contributed by atoms with Gasteiger partial charge in [-0.05, 0) is 51.9 Å². The lowest BCUT2D eigenvalue weighted by Crippen LogP contribution is -2.28. The third-order valence-electron chi connectivity index (χ3n) is 3.28. The first-order chi connectivity index (χ1) is 9.06. The Kier molecular flexibility index (Phi) is 6.79. The Hall–Kier alpha value is -1.15. The normalized spacial score (nSPS) is 11.0. The summed E-state index contributed by atoms with van der Waals surface area (Å²) in [5.41, 5.74) is 3.20. The molecular weight excluding hydrogens is 234 g/mol. The topological polar surface area (TPSA) is 20.3 Å². The summed E-state index contributed by atoms with van der Waals surface area (Å²) in [6.45, 7) is 11.5. The molecular formula is C17H27NO. The summed E-state index contributed by atoms with van der Waals surface area (Å²) >= 11 is 0. The molecule has 0 radical (unpaired) electrons. The van der Waals surface area contributed by atoms with Gasteiger partial charge in [0.25, 0.3) is 0 Å². The van der Waals surface area contributed by atoms with Gasteiger partial charge in [0.2, 0.25) is 0 Å². The molecule has 0 aliphatic carbocycles. The van der Waals surface area contributed by atoms with Crippen LogP contribution >= 0.6 is 0 Å². The van der Waals surface area contributed by atoms with Crippen LogP contribution in [0.25, 0.3) is 0 Å². The van der Waals surface area contributed by atoms with Gasteiger partial charge >= 0.3 is 0 Å². The lowest BCUT2D eigenvalue weighted by atomic mass is 10.0. The van der Waals surface area contributed by atoms with Gasteiger partial charge in [-0.2, -0.15) is 0 Å². The largest absolute Gasteiger partial charge is 0.303 e. The fourth-order valence-corrected chi connectivity index (χ4v) is 2.51. The number of carbonyl (C=O) groups excluding carboxylic acids is 1. The van der Waals surface area contributed by atoms with Crippen molar-refractivity contribution in [3.8, 4) is 0 Å². The maximum Gasteiger partial charge on any atom is 0.164 e. The van der Waals surface area contributed by atoms with Crippen LogP contribution in [-0.2, 0) is 0 Å². The molecule has 2 heteroatoms. The highest BCUT2D eigenvalue weighted by Crippen LogP contribution is 2.11. The van der Waals surface area contributed by atoms with Crippen molar-refractivity contribution in [1.82, 2.24) is 4.90 Å². The SMILES string of the molecule is CCCN(CCC)CCC(=O)c1cc(C)cc(C)c1. The molecule has 2 nitrogen and oxygen atoms in total. The minimum absolute atomic E-state index is 0.268. The highest BCUT2D eigenvalue weighted by Gasteiger charge is 2.10. The molecule has 0 saturated carbocycles. The summed E-state index contributed by atoms with van der Waals surface area (Å²) in [4.78, 5) is 14.6. The molecule has 0 atom stereocenters. The second-order valence-corrected chi connectivity index (χ2v) is 5.39. The monoisotopic (exact) mass is 261 g/mol. The van der Waals surface area contributed by atoms with Crippen molar-refractivity contribution in [2.45, 2.75) is 47.0 Å². The molecule has 0 spiro atoms. The second kappa shape index (κ2) is 8.11. The Morgan fingerprint density at radius 2 is 1.47 bits per heavy atom. The number of Topliss-reactive ketones (excluding diaryl/α,β-unsaturated/α-hetero) is 1. The summed E-state index contributed by atoms with van der Waals surface area (Å²) < 4.78 is 0. The zero-order chi connectivity index (χ0) is 14.3. The van der Waals surface area contributed by atoms with Crippen LogP contribution in [0.2, 0.25) is 0 Å². The number of aryl methyl sites for hydroxylation is 2. The maximum atomic E-state index is 12.2. The van der Waals surface area contributed by atoms with Crippen LogP contribution < -0.4 is 0 Å². The molecule has 0 amide bonds. The Morgan fingerprint density at radius 1 is 0.947 bits per heavy atom. The van der Waals surface area contributed by atoms with E-state index in [1.54, 1.807) is 0 Å². The summed E-state index contributed by atoms with van der Waals surface area (Å²) in [6.07, 6.45) is 2.93. The maximum absolute atomic E-state index is 12.2. The summed E-state index contributed by atoms with van der Waals surface area (Å²) in [5, 5.41) is 0. The van der Waals surface area contributed by atoms with Gasteiger partial charge in [0.1, 0.15) is 0 Å². The molecule has 19 heavy (non-hydrogen) atoms. The molecule has 1 rings (SSSR count). The van der Waals surface area contributed by atoms with Crippen molar-refractivity contribution in [2.75, 3.05) is 19.6 Å². The molecule has 106 valence electrons. The molecule has 0 heterocycles. The van der Waals surface area contributed by atoms with E-state index in [1.807, 2.05) is 26.0 Å². The van der Waals surface area contributed by atoms with E-state index in [4.69, 9.17) is 0 Å². The van der Waals surface area contributed by atoms with Crippen molar-refractivity contribution >= 4 is 5.78 Å². The van der Waals surface area contributed by atoms with Gasteiger partial charge in [0.15, 0.2) is 5.78 Å². The average Bonchev–Trinajstić information content (AvgIpc) is 2.35. The van der Waals surface area contributed by atoms with E-state index < -0.39 is 0 Å². The number of nitrogens with zero attached hydrogens (tertiary/aromatic N) is 1. The van der Waals surface area contributed by atoms with Gasteiger partial charge in [-0.3, -0.25) is 4.79 Å². The van der Waals surface area contributed by atoms with E-state index in [0.717, 1.165) is 38.0 Å². The van der Waals surface area contributed by atoms with Crippen LogP contribution in [0.1, 0.15) is 54.6 Å². The quantitative estimate of drug-likeness (QED) is 0.659. The van der Waals surface area contributed by atoms with Gasteiger partial charge < -0.3 is 4.90 Å². The van der Waals surface area contributed by atoms with Gasteiger partial charge in [-0.1, -0.05) is 31.0 Å². The molecule has 0 aromatic heterocycles. The molecule has 0 aliphatic heterocycles. The fraction of sp³-hybridized carbons (Fsp3) is 0.588. The average molecular weight is 261 g/mol. The smallest absolute Gasteiger partial charge is 0.164 e. The highest BCUT2D eigenvalue weighted by molar-refractivity contribution is 5.96.